The Morgan fingerprint density at radius 3 is 2.47 bits per heavy atom. The Kier molecular flexibility index (Phi) is 14.6. The van der Waals surface area contributed by atoms with E-state index in [1.165, 1.54) is 65.9 Å². The van der Waals surface area contributed by atoms with Crippen molar-refractivity contribution in [3.63, 3.8) is 0 Å². The molecular weight excluding hydrogens is 484 g/mol. The minimum Gasteiger partial charge on any atom is -0.390 e. The average molecular weight is 529 g/mol. The fourth-order valence-electron chi connectivity index (χ4n) is 4.25. The molecule has 0 bridgehead atoms. The van der Waals surface area contributed by atoms with Crippen LogP contribution in [0.1, 0.15) is 61.1 Å². The summed E-state index contributed by atoms with van der Waals surface area (Å²) in [5.74, 6) is 6.32. The Labute approximate surface area is 234 Å². The Morgan fingerprint density at radius 2 is 1.84 bits per heavy atom. The van der Waals surface area contributed by atoms with Crippen molar-refractivity contribution in [2.75, 3.05) is 32.1 Å². The number of hydrogen-bond acceptors (Lipinski definition) is 4. The molecule has 1 unspecified atom stereocenters. The van der Waals surface area contributed by atoms with Crippen molar-refractivity contribution in [2.45, 2.75) is 52.0 Å². The second kappa shape index (κ2) is 18.0. The minimum absolute atomic E-state index is 0.351. The third kappa shape index (κ3) is 10.2. The average Bonchev–Trinajstić information content (AvgIpc) is 3.46. The van der Waals surface area contributed by atoms with E-state index in [0.29, 0.717) is 6.04 Å². The number of aliphatic imine (C=N–C) groups is 1. The van der Waals surface area contributed by atoms with Crippen LogP contribution in [0.4, 0.5) is 5.69 Å². The Balaban J connectivity index is 0.000000253. The molecule has 4 nitrogen and oxygen atoms in total. The van der Waals surface area contributed by atoms with Crippen LogP contribution in [0.2, 0.25) is 0 Å². The first kappa shape index (κ1) is 30.9. The number of nitrogens with zero attached hydrogens (tertiary/aromatic N) is 2. The van der Waals surface area contributed by atoms with Crippen molar-refractivity contribution in [1.82, 2.24) is 5.32 Å². The summed E-state index contributed by atoms with van der Waals surface area (Å²) in [7, 11) is 3.62. The van der Waals surface area contributed by atoms with Crippen LogP contribution in [0.15, 0.2) is 77.6 Å². The molecule has 1 aromatic heterocycles. The van der Waals surface area contributed by atoms with Gasteiger partial charge in [0.05, 0.1) is 6.34 Å². The Hall–Kier alpha value is -3.33. The number of aryl methyl sites for hydroxylation is 1. The van der Waals surface area contributed by atoms with Crippen LogP contribution in [0.5, 0.6) is 0 Å². The number of anilines is 1. The van der Waals surface area contributed by atoms with Crippen LogP contribution < -0.4 is 16.0 Å². The van der Waals surface area contributed by atoms with Crippen molar-refractivity contribution in [3.8, 4) is 23.0 Å². The summed E-state index contributed by atoms with van der Waals surface area (Å²) in [6.45, 7) is 10.6. The highest BCUT2D eigenvalue weighted by molar-refractivity contribution is 7.10. The largest absolute Gasteiger partial charge is 0.390 e. The molecule has 38 heavy (non-hydrogen) atoms. The lowest BCUT2D eigenvalue weighted by atomic mass is 10.0. The second-order valence-corrected chi connectivity index (χ2v) is 10.0. The van der Waals surface area contributed by atoms with Crippen LogP contribution in [-0.4, -0.2) is 33.5 Å². The van der Waals surface area contributed by atoms with Crippen LogP contribution >= 0.6 is 11.3 Å². The summed E-state index contributed by atoms with van der Waals surface area (Å²) in [6, 6.07) is 19.7. The quantitative estimate of drug-likeness (QED) is 0.150. The highest BCUT2D eigenvalue weighted by Crippen LogP contribution is 2.31. The number of nitrogens with one attached hydrogen (secondary N) is 1. The summed E-state index contributed by atoms with van der Waals surface area (Å²) >= 11 is 1.79. The number of thiophene rings is 1. The summed E-state index contributed by atoms with van der Waals surface area (Å²) in [4.78, 5) is 7.25. The zero-order chi connectivity index (χ0) is 27.6. The van der Waals surface area contributed by atoms with Gasteiger partial charge in [0.15, 0.2) is 0 Å². The number of benzene rings is 2. The predicted molar refractivity (Wildman–Crippen MR) is 169 cm³/mol. The van der Waals surface area contributed by atoms with Crippen LogP contribution in [0.25, 0.3) is 11.1 Å². The highest BCUT2D eigenvalue weighted by atomic mass is 32.1. The number of rotatable bonds is 6. The maximum Gasteiger partial charge on any atom is 0.0794 e. The van der Waals surface area contributed by atoms with Crippen molar-refractivity contribution in [3.05, 3.63) is 88.6 Å². The first-order chi connectivity index (χ1) is 18.6. The summed E-state index contributed by atoms with van der Waals surface area (Å²) in [6.07, 6.45) is 9.16. The molecule has 0 amide bonds. The summed E-state index contributed by atoms with van der Waals surface area (Å²) < 4.78 is 0. The third-order valence-electron chi connectivity index (χ3n) is 6.28. The maximum absolute atomic E-state index is 4.74. The molecule has 1 fully saturated rings. The molecule has 0 aliphatic carbocycles. The van der Waals surface area contributed by atoms with Gasteiger partial charge < -0.3 is 16.0 Å². The molecule has 1 atom stereocenters. The molecule has 0 saturated carbocycles. The normalized spacial score (nSPS) is 13.3. The molecule has 202 valence electrons. The predicted octanol–water partition coefficient (Wildman–Crippen LogP) is 7.60. The monoisotopic (exact) mass is 528 g/mol. The van der Waals surface area contributed by atoms with Crippen LogP contribution in [-0.2, 0) is 0 Å². The van der Waals surface area contributed by atoms with Gasteiger partial charge in [-0.2, -0.15) is 0 Å². The number of para-hydroxylation sites is 1. The number of hydrogen-bond donors (Lipinski definition) is 2. The molecule has 5 heteroatoms. The SMILES string of the molecule is C=CCC(NC)c1cc(-c2cccc(C#CCC)c2)cs1.CN=CN.Cc1ccccc1N1CCCCC1. The lowest BCUT2D eigenvalue weighted by molar-refractivity contribution is 0.577. The smallest absolute Gasteiger partial charge is 0.0794 e. The first-order valence-corrected chi connectivity index (χ1v) is 14.3. The van der Waals surface area contributed by atoms with Gasteiger partial charge in [-0.1, -0.05) is 55.2 Å². The first-order valence-electron chi connectivity index (χ1n) is 13.5. The molecule has 3 aromatic rings. The summed E-state index contributed by atoms with van der Waals surface area (Å²) in [5.41, 5.74) is 11.2. The molecule has 4 rings (SSSR count). The molecule has 1 aliphatic rings. The van der Waals surface area contributed by atoms with Gasteiger partial charge in [-0.05, 0) is 86.0 Å². The van der Waals surface area contributed by atoms with E-state index in [-0.39, 0.29) is 0 Å². The summed E-state index contributed by atoms with van der Waals surface area (Å²) in [5, 5.41) is 5.56. The fraction of sp³-hybridized carbons (Fsp3) is 0.364. The van der Waals surface area contributed by atoms with Gasteiger partial charge in [-0.25, -0.2) is 0 Å². The van der Waals surface area contributed by atoms with E-state index in [4.69, 9.17) is 5.73 Å². The van der Waals surface area contributed by atoms with Crippen molar-refractivity contribution >= 4 is 23.4 Å². The van der Waals surface area contributed by atoms with E-state index in [1.807, 2.05) is 13.1 Å². The maximum atomic E-state index is 4.74. The van der Waals surface area contributed by atoms with Gasteiger partial charge in [0.25, 0.3) is 0 Å². The van der Waals surface area contributed by atoms with Gasteiger partial charge in [0.1, 0.15) is 0 Å². The molecule has 2 aromatic carbocycles. The minimum atomic E-state index is 0.351. The van der Waals surface area contributed by atoms with E-state index in [1.54, 1.807) is 18.4 Å². The standard InChI is InChI=1S/C19H21NS.C12H17N.C2H6N2/c1-4-6-9-15-10-7-11-16(12-15)17-13-19(21-14-17)18(20-3)8-5-2;1-11-7-3-4-8-12(11)13-9-5-2-6-10-13;1-4-2-3/h5,7,10-14,18,20H,2,4,8H2,1,3H3;3-4,7-8H,2,5-6,9-10H2,1H3;2H,1H3,(H2,3,4). The van der Waals surface area contributed by atoms with E-state index in [0.717, 1.165) is 18.4 Å². The number of nitrogens with two attached hydrogens (primary N) is 1. The van der Waals surface area contributed by atoms with Gasteiger partial charge >= 0.3 is 0 Å². The van der Waals surface area contributed by atoms with Crippen LogP contribution in [0.3, 0.4) is 0 Å². The van der Waals surface area contributed by atoms with Gasteiger partial charge in [-0.3, -0.25) is 4.99 Å². The van der Waals surface area contributed by atoms with Crippen LogP contribution in [0, 0.1) is 18.8 Å². The molecule has 0 spiro atoms. The Morgan fingerprint density at radius 1 is 1.11 bits per heavy atom. The molecule has 2 heterocycles. The fourth-order valence-corrected chi connectivity index (χ4v) is 5.29. The van der Waals surface area contributed by atoms with E-state index in [2.05, 4.69) is 107 Å². The highest BCUT2D eigenvalue weighted by Gasteiger charge is 2.12. The zero-order valence-corrected chi connectivity index (χ0v) is 24.4. The number of piperidine rings is 1. The second-order valence-electron chi connectivity index (χ2n) is 9.08. The van der Waals surface area contributed by atoms with Crippen molar-refractivity contribution in [1.29, 1.82) is 0 Å². The van der Waals surface area contributed by atoms with Gasteiger partial charge in [0.2, 0.25) is 0 Å². The molecular formula is C33H44N4S. The Bertz CT molecular complexity index is 1170. The molecule has 1 aliphatic heterocycles. The molecule has 1 saturated heterocycles. The molecule has 3 N–H and O–H groups in total. The van der Waals surface area contributed by atoms with Gasteiger partial charge in [-0.15, -0.1) is 17.9 Å². The topological polar surface area (TPSA) is 53.6 Å². The van der Waals surface area contributed by atoms with E-state index >= 15 is 0 Å². The van der Waals surface area contributed by atoms with Crippen molar-refractivity contribution < 1.29 is 0 Å². The molecule has 0 radical (unpaired) electrons. The lowest BCUT2D eigenvalue weighted by Gasteiger charge is -2.30. The van der Waals surface area contributed by atoms with Gasteiger partial charge in [0, 0.05) is 48.7 Å². The third-order valence-corrected chi connectivity index (χ3v) is 7.33. The van der Waals surface area contributed by atoms with E-state index < -0.39 is 0 Å². The van der Waals surface area contributed by atoms with Crippen molar-refractivity contribution in [2.24, 2.45) is 10.7 Å². The lowest BCUT2D eigenvalue weighted by Crippen LogP contribution is -2.29. The zero-order valence-electron chi connectivity index (χ0n) is 23.5. The van der Waals surface area contributed by atoms with E-state index in [9.17, 15) is 0 Å².